The third-order valence-corrected chi connectivity index (χ3v) is 5.16. The van der Waals surface area contributed by atoms with Gasteiger partial charge in [0, 0.05) is 28.4 Å². The zero-order valence-electron chi connectivity index (χ0n) is 10.1. The molecular weight excluding hydrogens is 248 g/mol. The highest BCUT2D eigenvalue weighted by molar-refractivity contribution is 7.15. The Balaban J connectivity index is 1.81. The first-order chi connectivity index (χ1) is 8.24. The van der Waals surface area contributed by atoms with Crippen molar-refractivity contribution in [3.63, 3.8) is 0 Å². The molecule has 0 unspecified atom stereocenters. The molecule has 0 bridgehead atoms. The number of hydrogen-bond donors (Lipinski definition) is 1. The molecule has 2 heterocycles. The normalized spacial score (nSPS) is 15.4. The van der Waals surface area contributed by atoms with E-state index in [0.29, 0.717) is 0 Å². The monoisotopic (exact) mass is 264 g/mol. The van der Waals surface area contributed by atoms with Crippen molar-refractivity contribution < 1.29 is 0 Å². The summed E-state index contributed by atoms with van der Waals surface area (Å²) in [5.74, 6) is 0. The molecule has 90 valence electrons. The van der Waals surface area contributed by atoms with Crippen LogP contribution in [0.2, 0.25) is 0 Å². The summed E-state index contributed by atoms with van der Waals surface area (Å²) in [6.45, 7) is 5.26. The molecule has 0 saturated heterocycles. The lowest BCUT2D eigenvalue weighted by molar-refractivity contribution is 0.691. The van der Waals surface area contributed by atoms with E-state index in [1.165, 1.54) is 39.5 Å². The number of hydrogen-bond acceptors (Lipinski definition) is 4. The van der Waals surface area contributed by atoms with Gasteiger partial charge in [0.15, 0.2) is 0 Å². The Morgan fingerprint density at radius 2 is 2.18 bits per heavy atom. The third kappa shape index (κ3) is 2.44. The SMILES string of the molecule is Cc1cscc1-c1nc(C)c(CNC2CC2)s1. The smallest absolute Gasteiger partial charge is 0.125 e. The molecule has 0 aliphatic heterocycles. The summed E-state index contributed by atoms with van der Waals surface area (Å²) in [6, 6.07) is 0.767. The van der Waals surface area contributed by atoms with Gasteiger partial charge in [0.05, 0.1) is 5.69 Å². The van der Waals surface area contributed by atoms with Gasteiger partial charge in [-0.15, -0.1) is 11.3 Å². The summed E-state index contributed by atoms with van der Waals surface area (Å²) in [7, 11) is 0. The lowest BCUT2D eigenvalue weighted by Crippen LogP contribution is -2.14. The van der Waals surface area contributed by atoms with Crippen LogP contribution in [0.5, 0.6) is 0 Å². The maximum absolute atomic E-state index is 4.70. The molecule has 1 aliphatic rings. The number of aryl methyl sites for hydroxylation is 2. The van der Waals surface area contributed by atoms with Gasteiger partial charge < -0.3 is 5.32 Å². The minimum Gasteiger partial charge on any atom is -0.309 e. The number of nitrogens with one attached hydrogen (secondary N) is 1. The van der Waals surface area contributed by atoms with Crippen LogP contribution >= 0.6 is 22.7 Å². The lowest BCUT2D eigenvalue weighted by Gasteiger charge is -1.99. The predicted octanol–water partition coefficient (Wildman–Crippen LogP) is 3.74. The fourth-order valence-electron chi connectivity index (χ4n) is 1.81. The quantitative estimate of drug-likeness (QED) is 0.910. The summed E-state index contributed by atoms with van der Waals surface area (Å²) in [4.78, 5) is 6.08. The molecule has 2 aromatic rings. The van der Waals surface area contributed by atoms with Crippen molar-refractivity contribution in [1.29, 1.82) is 0 Å². The zero-order chi connectivity index (χ0) is 11.8. The van der Waals surface area contributed by atoms with Crippen molar-refractivity contribution in [3.05, 3.63) is 26.9 Å². The van der Waals surface area contributed by atoms with Crippen LogP contribution in [0.3, 0.4) is 0 Å². The maximum atomic E-state index is 4.70. The summed E-state index contributed by atoms with van der Waals surface area (Å²) in [5, 5.41) is 9.12. The van der Waals surface area contributed by atoms with E-state index < -0.39 is 0 Å². The Labute approximate surface area is 110 Å². The van der Waals surface area contributed by atoms with Gasteiger partial charge in [-0.3, -0.25) is 0 Å². The molecule has 1 aliphatic carbocycles. The third-order valence-electron chi connectivity index (χ3n) is 3.11. The van der Waals surface area contributed by atoms with Crippen LogP contribution in [0.15, 0.2) is 10.8 Å². The second-order valence-corrected chi connectivity index (χ2v) is 6.48. The van der Waals surface area contributed by atoms with Gasteiger partial charge >= 0.3 is 0 Å². The van der Waals surface area contributed by atoms with E-state index in [-0.39, 0.29) is 0 Å². The van der Waals surface area contributed by atoms with Crippen LogP contribution < -0.4 is 5.32 Å². The molecular formula is C13H16N2S2. The molecule has 0 atom stereocenters. The van der Waals surface area contributed by atoms with Crippen molar-refractivity contribution >= 4 is 22.7 Å². The lowest BCUT2D eigenvalue weighted by atomic mass is 10.2. The first-order valence-corrected chi connectivity index (χ1v) is 7.73. The van der Waals surface area contributed by atoms with Crippen LogP contribution in [0.25, 0.3) is 10.6 Å². The second kappa shape index (κ2) is 4.52. The van der Waals surface area contributed by atoms with Crippen molar-refractivity contribution in [2.24, 2.45) is 0 Å². The molecule has 0 aromatic carbocycles. The average molecular weight is 264 g/mol. The van der Waals surface area contributed by atoms with E-state index in [4.69, 9.17) is 4.98 Å². The Kier molecular flexibility index (Phi) is 3.03. The first-order valence-electron chi connectivity index (χ1n) is 5.97. The highest BCUT2D eigenvalue weighted by Crippen LogP contribution is 2.32. The molecule has 4 heteroatoms. The van der Waals surface area contributed by atoms with E-state index in [2.05, 4.69) is 29.9 Å². The Hall–Kier alpha value is -0.710. The van der Waals surface area contributed by atoms with E-state index in [9.17, 15) is 0 Å². The molecule has 1 N–H and O–H groups in total. The van der Waals surface area contributed by atoms with Crippen LogP contribution in [-0.2, 0) is 6.54 Å². The van der Waals surface area contributed by atoms with E-state index >= 15 is 0 Å². The van der Waals surface area contributed by atoms with Gasteiger partial charge in [-0.25, -0.2) is 4.98 Å². The number of thiazole rings is 1. The zero-order valence-corrected chi connectivity index (χ0v) is 11.8. The average Bonchev–Trinajstić information content (AvgIpc) is 2.93. The summed E-state index contributed by atoms with van der Waals surface area (Å²) < 4.78 is 0. The molecule has 1 saturated carbocycles. The van der Waals surface area contributed by atoms with E-state index in [1.54, 1.807) is 11.3 Å². The van der Waals surface area contributed by atoms with Gasteiger partial charge in [0.2, 0.25) is 0 Å². The topological polar surface area (TPSA) is 24.9 Å². The molecule has 0 radical (unpaired) electrons. The number of aromatic nitrogens is 1. The summed E-state index contributed by atoms with van der Waals surface area (Å²) in [6.07, 6.45) is 2.68. The Morgan fingerprint density at radius 1 is 1.35 bits per heavy atom. The predicted molar refractivity (Wildman–Crippen MR) is 74.8 cm³/mol. The van der Waals surface area contributed by atoms with Gasteiger partial charge in [-0.05, 0) is 37.6 Å². The highest BCUT2D eigenvalue weighted by atomic mass is 32.1. The standard InChI is InChI=1S/C13H16N2S2/c1-8-6-16-7-11(8)13-15-9(2)12(17-13)5-14-10-3-4-10/h6-7,10,14H,3-5H2,1-2H3. The van der Waals surface area contributed by atoms with Crippen molar-refractivity contribution in [3.8, 4) is 10.6 Å². The minimum atomic E-state index is 0.767. The molecule has 2 nitrogen and oxygen atoms in total. The van der Waals surface area contributed by atoms with Crippen molar-refractivity contribution in [2.75, 3.05) is 0 Å². The fraction of sp³-hybridized carbons (Fsp3) is 0.462. The molecule has 17 heavy (non-hydrogen) atoms. The van der Waals surface area contributed by atoms with Crippen LogP contribution in [0.4, 0.5) is 0 Å². The maximum Gasteiger partial charge on any atom is 0.125 e. The number of thiophene rings is 1. The molecule has 0 amide bonds. The van der Waals surface area contributed by atoms with Crippen LogP contribution in [-0.4, -0.2) is 11.0 Å². The van der Waals surface area contributed by atoms with Gasteiger partial charge in [-0.2, -0.15) is 11.3 Å². The van der Waals surface area contributed by atoms with Gasteiger partial charge in [0.25, 0.3) is 0 Å². The number of rotatable bonds is 4. The van der Waals surface area contributed by atoms with E-state index in [1.807, 2.05) is 11.3 Å². The Bertz CT molecular complexity index is 523. The summed E-state index contributed by atoms with van der Waals surface area (Å²) in [5.41, 5.74) is 3.83. The molecule has 1 fully saturated rings. The minimum absolute atomic E-state index is 0.767. The largest absolute Gasteiger partial charge is 0.309 e. The van der Waals surface area contributed by atoms with Crippen molar-refractivity contribution in [1.82, 2.24) is 10.3 Å². The number of nitrogens with zero attached hydrogens (tertiary/aromatic N) is 1. The highest BCUT2D eigenvalue weighted by Gasteiger charge is 2.21. The first kappa shape index (κ1) is 11.4. The van der Waals surface area contributed by atoms with Gasteiger partial charge in [0.1, 0.15) is 5.01 Å². The Morgan fingerprint density at radius 3 is 2.82 bits per heavy atom. The van der Waals surface area contributed by atoms with E-state index in [0.717, 1.165) is 12.6 Å². The van der Waals surface area contributed by atoms with Crippen molar-refractivity contribution in [2.45, 2.75) is 39.3 Å². The van der Waals surface area contributed by atoms with Crippen LogP contribution in [0, 0.1) is 13.8 Å². The molecule has 3 rings (SSSR count). The molecule has 2 aromatic heterocycles. The molecule has 0 spiro atoms. The second-order valence-electron chi connectivity index (χ2n) is 4.65. The van der Waals surface area contributed by atoms with Crippen LogP contribution in [0.1, 0.15) is 29.0 Å². The summed E-state index contributed by atoms with van der Waals surface area (Å²) >= 11 is 3.59. The fourth-order valence-corrected chi connectivity index (χ4v) is 3.81. The van der Waals surface area contributed by atoms with Gasteiger partial charge in [-0.1, -0.05) is 0 Å².